The average molecular weight is 364 g/mol. The van der Waals surface area contributed by atoms with Gasteiger partial charge < -0.3 is 4.90 Å². The van der Waals surface area contributed by atoms with Crippen LogP contribution in [0.4, 0.5) is 5.69 Å². The highest BCUT2D eigenvalue weighted by molar-refractivity contribution is 7.99. The Morgan fingerprint density at radius 1 is 1.04 bits per heavy atom. The predicted octanol–water partition coefficient (Wildman–Crippen LogP) is 3.57. The van der Waals surface area contributed by atoms with E-state index in [9.17, 15) is 4.79 Å². The second-order valence-electron chi connectivity index (χ2n) is 6.36. The molecule has 3 aromatic rings. The quantitative estimate of drug-likeness (QED) is 0.664. The third kappa shape index (κ3) is 3.01. The van der Waals surface area contributed by atoms with Crippen LogP contribution in [0.5, 0.6) is 0 Å². The molecule has 132 valence electrons. The lowest BCUT2D eigenvalue weighted by Crippen LogP contribution is -2.30. The molecule has 0 spiro atoms. The number of aromatic nitrogens is 3. The van der Waals surface area contributed by atoms with Crippen LogP contribution in [0, 0.1) is 13.8 Å². The van der Waals surface area contributed by atoms with Crippen molar-refractivity contribution in [3.63, 3.8) is 0 Å². The number of hydrogen-bond acceptors (Lipinski definition) is 4. The van der Waals surface area contributed by atoms with Crippen LogP contribution in [-0.2, 0) is 11.2 Å². The van der Waals surface area contributed by atoms with Crippen molar-refractivity contribution >= 4 is 23.4 Å². The Bertz CT molecular complexity index is 966. The molecule has 6 heteroatoms. The first kappa shape index (κ1) is 16.8. The normalized spacial score (nSPS) is 13.1. The van der Waals surface area contributed by atoms with Gasteiger partial charge in [0, 0.05) is 12.2 Å². The molecule has 0 saturated carbocycles. The fraction of sp³-hybridized carbons (Fsp3) is 0.250. The lowest BCUT2D eigenvalue weighted by molar-refractivity contribution is -0.116. The summed E-state index contributed by atoms with van der Waals surface area (Å²) in [6.07, 6.45) is 0.922. The van der Waals surface area contributed by atoms with Gasteiger partial charge in [-0.3, -0.25) is 9.36 Å². The standard InChI is InChI=1S/C20H20N4OS/c1-14-7-3-5-9-17(14)24-15(2)21-22-20(24)26-13-19(25)23-12-11-16-8-4-6-10-18(16)23/h3-10H,11-13H2,1-2H3. The fourth-order valence-corrected chi connectivity index (χ4v) is 4.20. The zero-order valence-electron chi connectivity index (χ0n) is 14.8. The summed E-state index contributed by atoms with van der Waals surface area (Å²) in [5, 5.41) is 9.24. The first-order chi connectivity index (χ1) is 12.6. The smallest absolute Gasteiger partial charge is 0.237 e. The molecule has 0 fully saturated rings. The van der Waals surface area contributed by atoms with Crippen LogP contribution in [0.3, 0.4) is 0 Å². The van der Waals surface area contributed by atoms with Gasteiger partial charge in [0.05, 0.1) is 11.4 Å². The zero-order chi connectivity index (χ0) is 18.1. The van der Waals surface area contributed by atoms with Crippen molar-refractivity contribution in [3.05, 3.63) is 65.5 Å². The molecule has 0 radical (unpaired) electrons. The number of rotatable bonds is 4. The van der Waals surface area contributed by atoms with E-state index in [4.69, 9.17) is 0 Å². The van der Waals surface area contributed by atoms with Gasteiger partial charge in [-0.1, -0.05) is 48.2 Å². The molecule has 1 amide bonds. The molecule has 2 heterocycles. The number of carbonyl (C=O) groups is 1. The van der Waals surface area contributed by atoms with Crippen molar-refractivity contribution in [1.82, 2.24) is 14.8 Å². The first-order valence-electron chi connectivity index (χ1n) is 8.64. The van der Waals surface area contributed by atoms with Gasteiger partial charge in [0.15, 0.2) is 5.16 Å². The van der Waals surface area contributed by atoms with Crippen LogP contribution in [0.1, 0.15) is 17.0 Å². The number of para-hydroxylation sites is 2. The molecule has 1 aromatic heterocycles. The van der Waals surface area contributed by atoms with Crippen molar-refractivity contribution in [2.45, 2.75) is 25.4 Å². The number of aryl methyl sites for hydroxylation is 2. The second-order valence-corrected chi connectivity index (χ2v) is 7.31. The zero-order valence-corrected chi connectivity index (χ0v) is 15.7. The number of hydrogen-bond donors (Lipinski definition) is 0. The minimum Gasteiger partial charge on any atom is -0.311 e. The molecular weight excluding hydrogens is 344 g/mol. The Hall–Kier alpha value is -2.60. The highest BCUT2D eigenvalue weighted by atomic mass is 32.2. The molecule has 0 unspecified atom stereocenters. The molecule has 0 aliphatic carbocycles. The first-order valence-corrected chi connectivity index (χ1v) is 9.63. The van der Waals surface area contributed by atoms with E-state index >= 15 is 0 Å². The van der Waals surface area contributed by atoms with E-state index in [0.29, 0.717) is 5.75 Å². The van der Waals surface area contributed by atoms with E-state index in [1.807, 2.05) is 52.8 Å². The van der Waals surface area contributed by atoms with Crippen LogP contribution in [0.15, 0.2) is 53.7 Å². The van der Waals surface area contributed by atoms with Gasteiger partial charge in [-0.15, -0.1) is 10.2 Å². The Labute approximate surface area is 157 Å². The number of nitrogens with zero attached hydrogens (tertiary/aromatic N) is 4. The Balaban J connectivity index is 1.53. The third-order valence-electron chi connectivity index (χ3n) is 4.66. The number of thioether (sulfide) groups is 1. The number of amides is 1. The van der Waals surface area contributed by atoms with E-state index in [1.165, 1.54) is 17.3 Å². The van der Waals surface area contributed by atoms with Crippen LogP contribution in [0.2, 0.25) is 0 Å². The largest absolute Gasteiger partial charge is 0.311 e. The Morgan fingerprint density at radius 3 is 2.58 bits per heavy atom. The van der Waals surface area contributed by atoms with Gasteiger partial charge in [-0.25, -0.2) is 0 Å². The van der Waals surface area contributed by atoms with Crippen LogP contribution in [-0.4, -0.2) is 33.0 Å². The van der Waals surface area contributed by atoms with E-state index in [2.05, 4.69) is 29.3 Å². The average Bonchev–Trinajstić information content (AvgIpc) is 3.24. The summed E-state index contributed by atoms with van der Waals surface area (Å²) in [7, 11) is 0. The molecule has 1 aliphatic rings. The Morgan fingerprint density at radius 2 is 1.77 bits per heavy atom. The summed E-state index contributed by atoms with van der Waals surface area (Å²) in [5.74, 6) is 1.27. The number of anilines is 1. The lowest BCUT2D eigenvalue weighted by atomic mass is 10.2. The number of fused-ring (bicyclic) bond motifs is 1. The molecule has 4 rings (SSSR count). The molecule has 5 nitrogen and oxygen atoms in total. The highest BCUT2D eigenvalue weighted by Crippen LogP contribution is 2.29. The molecule has 0 saturated heterocycles. The van der Waals surface area contributed by atoms with Gasteiger partial charge >= 0.3 is 0 Å². The molecule has 0 atom stereocenters. The van der Waals surface area contributed by atoms with E-state index in [-0.39, 0.29) is 5.91 Å². The summed E-state index contributed by atoms with van der Waals surface area (Å²) in [6.45, 7) is 4.75. The van der Waals surface area contributed by atoms with Crippen LogP contribution >= 0.6 is 11.8 Å². The van der Waals surface area contributed by atoms with Crippen molar-refractivity contribution in [3.8, 4) is 5.69 Å². The topological polar surface area (TPSA) is 51.0 Å². The minimum absolute atomic E-state index is 0.108. The molecule has 2 aromatic carbocycles. The summed E-state index contributed by atoms with van der Waals surface area (Å²) in [6, 6.07) is 16.2. The van der Waals surface area contributed by atoms with E-state index in [1.54, 1.807) is 0 Å². The summed E-state index contributed by atoms with van der Waals surface area (Å²) in [5.41, 5.74) is 4.48. The van der Waals surface area contributed by atoms with Gasteiger partial charge in [0.2, 0.25) is 5.91 Å². The van der Waals surface area contributed by atoms with Crippen LogP contribution < -0.4 is 4.90 Å². The van der Waals surface area contributed by atoms with E-state index < -0.39 is 0 Å². The Kier molecular flexibility index (Phi) is 4.51. The second kappa shape index (κ2) is 6.96. The monoisotopic (exact) mass is 364 g/mol. The van der Waals surface area contributed by atoms with Gasteiger partial charge in [0.25, 0.3) is 0 Å². The summed E-state index contributed by atoms with van der Waals surface area (Å²) >= 11 is 1.44. The number of benzene rings is 2. The SMILES string of the molecule is Cc1ccccc1-n1c(C)nnc1SCC(=O)N1CCc2ccccc21. The van der Waals surface area contributed by atoms with Crippen molar-refractivity contribution in [2.75, 3.05) is 17.2 Å². The molecular formula is C20H20N4OS. The van der Waals surface area contributed by atoms with Crippen molar-refractivity contribution in [2.24, 2.45) is 0 Å². The summed E-state index contributed by atoms with van der Waals surface area (Å²) in [4.78, 5) is 14.6. The lowest BCUT2D eigenvalue weighted by Gasteiger charge is -2.17. The molecule has 1 aliphatic heterocycles. The molecule has 0 bridgehead atoms. The van der Waals surface area contributed by atoms with Crippen LogP contribution in [0.25, 0.3) is 5.69 Å². The van der Waals surface area contributed by atoms with Gasteiger partial charge in [-0.2, -0.15) is 0 Å². The third-order valence-corrected chi connectivity index (χ3v) is 5.58. The maximum atomic E-state index is 12.8. The van der Waals surface area contributed by atoms with Crippen molar-refractivity contribution in [1.29, 1.82) is 0 Å². The predicted molar refractivity (Wildman–Crippen MR) is 104 cm³/mol. The van der Waals surface area contributed by atoms with Gasteiger partial charge in [0.1, 0.15) is 5.82 Å². The maximum absolute atomic E-state index is 12.8. The van der Waals surface area contributed by atoms with Crippen molar-refractivity contribution < 1.29 is 4.79 Å². The number of carbonyl (C=O) groups excluding carboxylic acids is 1. The van der Waals surface area contributed by atoms with E-state index in [0.717, 1.165) is 40.9 Å². The fourth-order valence-electron chi connectivity index (χ4n) is 3.33. The summed E-state index contributed by atoms with van der Waals surface area (Å²) < 4.78 is 2.02. The molecule has 26 heavy (non-hydrogen) atoms. The molecule has 0 N–H and O–H groups in total. The minimum atomic E-state index is 0.108. The highest BCUT2D eigenvalue weighted by Gasteiger charge is 2.24. The maximum Gasteiger partial charge on any atom is 0.237 e. The van der Waals surface area contributed by atoms with Gasteiger partial charge in [-0.05, 0) is 43.5 Å².